The predicted octanol–water partition coefficient (Wildman–Crippen LogP) is 3.41. The molecule has 3 aromatic carbocycles. The third-order valence-corrected chi connectivity index (χ3v) is 8.11. The van der Waals surface area contributed by atoms with Crippen LogP contribution >= 0.6 is 0 Å². The molecule has 43 heavy (non-hydrogen) atoms. The quantitative estimate of drug-likeness (QED) is 0.234. The molecule has 6 rings (SSSR count). The number of nitrogens with two attached hydrogens (primary N) is 1. The van der Waals surface area contributed by atoms with Crippen LogP contribution in [0.15, 0.2) is 72.8 Å². The number of aryl methyl sites for hydroxylation is 1. The number of hydrogen-bond acceptors (Lipinski definition) is 5. The van der Waals surface area contributed by atoms with Gasteiger partial charge in [0.05, 0.1) is 11.3 Å². The number of imide groups is 1. The number of H-pyrrole nitrogens is 1. The maximum atomic E-state index is 14.2. The number of rotatable bonds is 8. The van der Waals surface area contributed by atoms with Gasteiger partial charge in [0, 0.05) is 29.4 Å². The van der Waals surface area contributed by atoms with Gasteiger partial charge in [0.2, 0.25) is 5.91 Å². The number of carboxylic acids is 1. The van der Waals surface area contributed by atoms with Crippen LogP contribution in [0.2, 0.25) is 0 Å². The summed E-state index contributed by atoms with van der Waals surface area (Å²) in [4.78, 5) is 70.7. The smallest absolute Gasteiger partial charge is 0.332 e. The van der Waals surface area contributed by atoms with Crippen molar-refractivity contribution in [2.45, 2.75) is 44.3 Å². The van der Waals surface area contributed by atoms with Crippen LogP contribution in [0.3, 0.4) is 0 Å². The first-order chi connectivity index (χ1) is 20.7. The third kappa shape index (κ3) is 4.78. The molecule has 11 heteroatoms. The van der Waals surface area contributed by atoms with Gasteiger partial charge < -0.3 is 21.1 Å². The Morgan fingerprint density at radius 3 is 2.44 bits per heavy atom. The van der Waals surface area contributed by atoms with Crippen LogP contribution in [-0.4, -0.2) is 56.8 Å². The first-order valence-electron chi connectivity index (χ1n) is 13.9. The summed E-state index contributed by atoms with van der Waals surface area (Å²) in [5.41, 5.74) is 9.72. The number of carbonyl (C=O) groups excluding carboxylic acids is 4. The number of primary amides is 1. The first kappa shape index (κ1) is 27.7. The van der Waals surface area contributed by atoms with Crippen molar-refractivity contribution in [2.75, 3.05) is 4.90 Å². The van der Waals surface area contributed by atoms with Crippen molar-refractivity contribution in [3.8, 4) is 0 Å². The highest BCUT2D eigenvalue weighted by molar-refractivity contribution is 6.24. The lowest BCUT2D eigenvalue weighted by Crippen LogP contribution is -2.44. The second-order valence-corrected chi connectivity index (χ2v) is 10.8. The number of nitrogens with zero attached hydrogens (tertiary/aromatic N) is 2. The minimum Gasteiger partial charge on any atom is -0.480 e. The highest BCUT2D eigenvalue weighted by atomic mass is 16.4. The number of amides is 5. The van der Waals surface area contributed by atoms with Crippen LogP contribution in [0.1, 0.15) is 51.6 Å². The largest absolute Gasteiger partial charge is 0.480 e. The van der Waals surface area contributed by atoms with E-state index in [2.05, 4.69) is 10.3 Å². The number of aromatic nitrogens is 1. The van der Waals surface area contributed by atoms with Crippen molar-refractivity contribution in [1.29, 1.82) is 0 Å². The van der Waals surface area contributed by atoms with Gasteiger partial charge in [0.1, 0.15) is 18.1 Å². The van der Waals surface area contributed by atoms with Crippen molar-refractivity contribution < 1.29 is 29.1 Å². The molecule has 1 saturated heterocycles. The zero-order valence-corrected chi connectivity index (χ0v) is 23.2. The molecule has 3 atom stereocenters. The number of urea groups is 1. The second kappa shape index (κ2) is 10.8. The van der Waals surface area contributed by atoms with E-state index < -0.39 is 47.8 Å². The van der Waals surface area contributed by atoms with E-state index in [4.69, 9.17) is 5.73 Å². The molecule has 0 radical (unpaired) electrons. The Kier molecular flexibility index (Phi) is 6.93. The molecule has 218 valence electrons. The summed E-state index contributed by atoms with van der Waals surface area (Å²) < 4.78 is 0. The van der Waals surface area contributed by atoms with Gasteiger partial charge in [0.25, 0.3) is 11.8 Å². The third-order valence-electron chi connectivity index (χ3n) is 8.11. The molecule has 11 nitrogen and oxygen atoms in total. The Hall–Kier alpha value is -5.45. The molecule has 0 spiro atoms. The monoisotopic (exact) mass is 579 g/mol. The van der Waals surface area contributed by atoms with Crippen LogP contribution in [0.4, 0.5) is 10.5 Å². The fourth-order valence-electron chi connectivity index (χ4n) is 6.03. The summed E-state index contributed by atoms with van der Waals surface area (Å²) in [5.74, 6) is -3.33. The highest BCUT2D eigenvalue weighted by Gasteiger charge is 2.53. The Morgan fingerprint density at radius 2 is 1.72 bits per heavy atom. The van der Waals surface area contributed by atoms with Crippen LogP contribution < -0.4 is 16.0 Å². The average molecular weight is 580 g/mol. The number of aliphatic carboxylic acids is 1. The maximum Gasteiger partial charge on any atom is 0.332 e. The SMILES string of the molecule is Cc1ccc([C@@H]2c3[nH]c4ccccc4c3C[C@H]3C(=O)N(c4ccccc4C(=O)N[C@@H](CCC(N)=O)C(=O)O)C(=O)N23)cc1. The standard InChI is InChI=1S/C32H29N5O6/c1-17-10-12-18(13-11-17)28-27-21(19-6-2-4-8-22(19)34-27)16-25-30(40)37(32(43)36(25)28)24-9-5-3-7-20(24)29(39)35-23(31(41)42)14-15-26(33)38/h2-13,23,25,28,34H,14-16H2,1H3,(H2,33,38)(H,35,39)(H,41,42)/t23-,25-,28+/m0/s1. The van der Waals surface area contributed by atoms with Gasteiger partial charge >= 0.3 is 12.0 Å². The number of para-hydroxylation sites is 2. The van der Waals surface area contributed by atoms with Gasteiger partial charge in [0.15, 0.2) is 0 Å². The zero-order valence-electron chi connectivity index (χ0n) is 23.2. The van der Waals surface area contributed by atoms with Gasteiger partial charge in [-0.3, -0.25) is 19.3 Å². The summed E-state index contributed by atoms with van der Waals surface area (Å²) in [6, 6.07) is 18.3. The summed E-state index contributed by atoms with van der Waals surface area (Å²) in [5, 5.41) is 13.0. The summed E-state index contributed by atoms with van der Waals surface area (Å²) >= 11 is 0. The number of benzene rings is 3. The fourth-order valence-corrected chi connectivity index (χ4v) is 6.03. The Morgan fingerprint density at radius 1 is 1.02 bits per heavy atom. The van der Waals surface area contributed by atoms with E-state index in [1.165, 1.54) is 12.1 Å². The van der Waals surface area contributed by atoms with Crippen molar-refractivity contribution in [2.24, 2.45) is 5.73 Å². The van der Waals surface area contributed by atoms with E-state index in [0.717, 1.165) is 38.2 Å². The van der Waals surface area contributed by atoms with Crippen molar-refractivity contribution in [1.82, 2.24) is 15.2 Å². The Labute approximate surface area is 246 Å². The van der Waals surface area contributed by atoms with E-state index in [0.29, 0.717) is 0 Å². The summed E-state index contributed by atoms with van der Waals surface area (Å²) in [7, 11) is 0. The van der Waals surface area contributed by atoms with Crippen molar-refractivity contribution >= 4 is 46.3 Å². The van der Waals surface area contributed by atoms with E-state index in [1.54, 1.807) is 17.0 Å². The molecule has 2 aliphatic rings. The topological polar surface area (TPSA) is 166 Å². The maximum absolute atomic E-state index is 14.2. The van der Waals surface area contributed by atoms with Crippen LogP contribution in [0.25, 0.3) is 10.9 Å². The number of carboxylic acid groups (broad SMARTS) is 1. The van der Waals surface area contributed by atoms with Crippen molar-refractivity contribution in [3.63, 3.8) is 0 Å². The molecule has 4 aromatic rings. The van der Waals surface area contributed by atoms with Gasteiger partial charge in [-0.05, 0) is 42.7 Å². The lowest BCUT2D eigenvalue weighted by molar-refractivity contribution is -0.139. The van der Waals surface area contributed by atoms with Crippen LogP contribution in [0, 0.1) is 6.92 Å². The molecule has 5 N–H and O–H groups in total. The van der Waals surface area contributed by atoms with Gasteiger partial charge in [-0.2, -0.15) is 0 Å². The number of nitrogens with one attached hydrogen (secondary N) is 2. The van der Waals surface area contributed by atoms with Crippen molar-refractivity contribution in [3.05, 3.63) is 101 Å². The van der Waals surface area contributed by atoms with E-state index in [9.17, 15) is 29.1 Å². The van der Waals surface area contributed by atoms with Crippen LogP contribution in [0.5, 0.6) is 0 Å². The number of fused-ring (bicyclic) bond motifs is 4. The molecule has 2 aliphatic heterocycles. The molecule has 3 heterocycles. The first-order valence-corrected chi connectivity index (χ1v) is 13.9. The predicted molar refractivity (Wildman–Crippen MR) is 157 cm³/mol. The van der Waals surface area contributed by atoms with Gasteiger partial charge in [-0.15, -0.1) is 0 Å². The van der Waals surface area contributed by atoms with E-state index in [1.807, 2.05) is 55.5 Å². The lowest BCUT2D eigenvalue weighted by atomic mass is 9.88. The number of carbonyl (C=O) groups is 5. The highest BCUT2D eigenvalue weighted by Crippen LogP contribution is 2.45. The van der Waals surface area contributed by atoms with Gasteiger partial charge in [-0.25, -0.2) is 14.5 Å². The van der Waals surface area contributed by atoms with Crippen LogP contribution in [-0.2, 0) is 20.8 Å². The lowest BCUT2D eigenvalue weighted by Gasteiger charge is -2.36. The normalized spacial score (nSPS) is 18.3. The van der Waals surface area contributed by atoms with Gasteiger partial charge in [-0.1, -0.05) is 60.2 Å². The molecule has 0 saturated carbocycles. The van der Waals surface area contributed by atoms with E-state index in [-0.39, 0.29) is 30.5 Å². The molecule has 0 unspecified atom stereocenters. The molecule has 0 aliphatic carbocycles. The zero-order chi connectivity index (χ0) is 30.4. The molecule has 1 fully saturated rings. The number of aromatic amines is 1. The molecule has 0 bridgehead atoms. The molecule has 5 amide bonds. The molecular weight excluding hydrogens is 550 g/mol. The second-order valence-electron chi connectivity index (χ2n) is 10.8. The fraction of sp³-hybridized carbons (Fsp3) is 0.219. The summed E-state index contributed by atoms with van der Waals surface area (Å²) in [6.07, 6.45) is -0.168. The number of anilines is 1. The molecular formula is C32H29N5O6. The Bertz CT molecular complexity index is 1800. The van der Waals surface area contributed by atoms with E-state index >= 15 is 0 Å². The minimum absolute atomic E-state index is 0.0413. The summed E-state index contributed by atoms with van der Waals surface area (Å²) in [6.45, 7) is 1.97. The minimum atomic E-state index is -1.39. The average Bonchev–Trinajstić information content (AvgIpc) is 3.48. The molecule has 1 aromatic heterocycles. The number of hydrogen-bond donors (Lipinski definition) is 4. The Balaban J connectivity index is 1.40.